The number of hydrogen-bond acceptors (Lipinski definition) is 4. The van der Waals surface area contributed by atoms with Crippen LogP contribution in [0.2, 0.25) is 0 Å². The van der Waals surface area contributed by atoms with E-state index in [4.69, 9.17) is 4.74 Å². The molecule has 28 heavy (non-hydrogen) atoms. The molecular formula is C20H17FN4O3. The van der Waals surface area contributed by atoms with E-state index in [1.54, 1.807) is 0 Å². The van der Waals surface area contributed by atoms with Crippen LogP contribution in [0.5, 0.6) is 11.5 Å². The maximum absolute atomic E-state index is 13.9. The van der Waals surface area contributed by atoms with Crippen LogP contribution in [0.1, 0.15) is 28.8 Å². The monoisotopic (exact) mass is 380 g/mol. The number of hydrogen-bond donors (Lipinski definition) is 3. The number of aliphatic imine (C=N–C) groups is 1. The molecule has 2 aliphatic rings. The number of carbonyl (C=O) groups is 1. The third kappa shape index (κ3) is 3.01. The first-order chi connectivity index (χ1) is 13.5. The Kier molecular flexibility index (Phi) is 4.15. The summed E-state index contributed by atoms with van der Waals surface area (Å²) in [5.74, 6) is -1.08. The Labute approximate surface area is 160 Å². The van der Waals surface area contributed by atoms with Crippen molar-refractivity contribution in [3.05, 3.63) is 47.3 Å². The van der Waals surface area contributed by atoms with E-state index in [1.165, 1.54) is 31.4 Å². The van der Waals surface area contributed by atoms with Gasteiger partial charge < -0.3 is 20.5 Å². The topological polar surface area (TPSA) is 107 Å². The van der Waals surface area contributed by atoms with Crippen molar-refractivity contribution >= 4 is 11.9 Å². The summed E-state index contributed by atoms with van der Waals surface area (Å²) in [7, 11) is 1.40. The van der Waals surface area contributed by atoms with Crippen LogP contribution >= 0.6 is 0 Å². The molecule has 0 aromatic heterocycles. The van der Waals surface area contributed by atoms with E-state index < -0.39 is 11.7 Å². The van der Waals surface area contributed by atoms with Gasteiger partial charge >= 0.3 is 0 Å². The number of nitrogens with one attached hydrogen (secondary N) is 2. The number of methoxy groups -OCH3 is 1. The summed E-state index contributed by atoms with van der Waals surface area (Å²) in [5.41, 5.74) is 0.133. The number of carbonyl (C=O) groups excluding carboxylic acids is 1. The van der Waals surface area contributed by atoms with Crippen molar-refractivity contribution < 1.29 is 19.0 Å². The van der Waals surface area contributed by atoms with Gasteiger partial charge in [0.25, 0.3) is 5.91 Å². The number of phenolic OH excluding ortho intramolecular Hbond substituents is 1. The molecule has 2 aromatic carbocycles. The molecule has 142 valence electrons. The lowest BCUT2D eigenvalue weighted by Gasteiger charge is -2.14. The first-order valence-electron chi connectivity index (χ1n) is 8.71. The van der Waals surface area contributed by atoms with Crippen LogP contribution in [-0.4, -0.2) is 36.2 Å². The number of halogens is 1. The van der Waals surface area contributed by atoms with Crippen molar-refractivity contribution in [1.29, 1.82) is 5.26 Å². The van der Waals surface area contributed by atoms with Gasteiger partial charge in [-0.1, -0.05) is 0 Å². The van der Waals surface area contributed by atoms with Gasteiger partial charge in [0.15, 0.2) is 5.96 Å². The first-order valence-corrected chi connectivity index (χ1v) is 8.71. The van der Waals surface area contributed by atoms with E-state index in [0.717, 1.165) is 18.9 Å². The number of phenols is 1. The number of guanidine groups is 1. The molecule has 4 rings (SSSR count). The van der Waals surface area contributed by atoms with Crippen LogP contribution < -0.4 is 15.4 Å². The molecule has 0 radical (unpaired) electrons. The van der Waals surface area contributed by atoms with Crippen LogP contribution in [0.4, 0.5) is 4.39 Å². The van der Waals surface area contributed by atoms with Crippen molar-refractivity contribution in [2.24, 2.45) is 4.99 Å². The third-order valence-electron chi connectivity index (χ3n) is 4.99. The van der Waals surface area contributed by atoms with Crippen LogP contribution in [0.3, 0.4) is 0 Å². The van der Waals surface area contributed by atoms with Crippen molar-refractivity contribution in [2.75, 3.05) is 13.7 Å². The molecule has 7 nitrogen and oxygen atoms in total. The number of rotatable bonds is 3. The highest BCUT2D eigenvalue weighted by atomic mass is 19.1. The fraction of sp³-hybridized carbons (Fsp3) is 0.250. The Hall–Kier alpha value is -3.60. The number of amides is 1. The van der Waals surface area contributed by atoms with E-state index in [2.05, 4.69) is 15.6 Å². The summed E-state index contributed by atoms with van der Waals surface area (Å²) in [6.07, 6.45) is 1.99. The van der Waals surface area contributed by atoms with Crippen molar-refractivity contribution in [2.45, 2.75) is 18.4 Å². The lowest BCUT2D eigenvalue weighted by Crippen LogP contribution is -2.30. The van der Waals surface area contributed by atoms with Gasteiger partial charge in [0.2, 0.25) is 0 Å². The van der Waals surface area contributed by atoms with Crippen molar-refractivity contribution in [1.82, 2.24) is 10.6 Å². The third-order valence-corrected chi connectivity index (χ3v) is 4.99. The minimum atomic E-state index is -0.747. The molecule has 2 fully saturated rings. The molecule has 1 spiro atoms. The molecule has 2 aromatic rings. The lowest BCUT2D eigenvalue weighted by atomic mass is 9.93. The summed E-state index contributed by atoms with van der Waals surface area (Å²) in [6.45, 7) is 0.675. The average molecular weight is 380 g/mol. The molecule has 0 atom stereocenters. The molecule has 1 aliphatic carbocycles. The molecule has 8 heteroatoms. The molecular weight excluding hydrogens is 363 g/mol. The van der Waals surface area contributed by atoms with E-state index in [9.17, 15) is 19.6 Å². The van der Waals surface area contributed by atoms with Gasteiger partial charge in [-0.2, -0.15) is 10.3 Å². The van der Waals surface area contributed by atoms with Gasteiger partial charge in [-0.25, -0.2) is 4.39 Å². The lowest BCUT2D eigenvalue weighted by molar-refractivity contribution is 0.100. The van der Waals surface area contributed by atoms with Gasteiger partial charge in [-0.3, -0.25) is 4.79 Å². The molecule has 1 aliphatic heterocycles. The summed E-state index contributed by atoms with van der Waals surface area (Å²) in [5, 5.41) is 26.1. The number of aromatic hydroxyl groups is 1. The second kappa shape index (κ2) is 6.53. The molecule has 3 N–H and O–H groups in total. The SMILES string of the molecule is COc1ccc(F)cc1-c1c(C#N)ccc(O)c1C(=O)/N=C1/NCC2(CC2)N1. The predicted octanol–water partition coefficient (Wildman–Crippen LogP) is 2.30. The Morgan fingerprint density at radius 3 is 2.79 bits per heavy atom. The Bertz CT molecular complexity index is 1050. The highest BCUT2D eigenvalue weighted by molar-refractivity contribution is 6.10. The highest BCUT2D eigenvalue weighted by Gasteiger charge is 2.47. The van der Waals surface area contributed by atoms with Crippen LogP contribution in [-0.2, 0) is 0 Å². The van der Waals surface area contributed by atoms with E-state index in [1.807, 2.05) is 6.07 Å². The van der Waals surface area contributed by atoms with E-state index in [-0.39, 0.29) is 39.3 Å². The normalized spacial score (nSPS) is 17.7. The summed E-state index contributed by atoms with van der Waals surface area (Å²) in [6, 6.07) is 8.36. The zero-order valence-electron chi connectivity index (χ0n) is 15.0. The Balaban J connectivity index is 1.86. The van der Waals surface area contributed by atoms with Gasteiger partial charge in [-0.05, 0) is 43.2 Å². The molecule has 1 heterocycles. The van der Waals surface area contributed by atoms with Gasteiger partial charge in [0.05, 0.1) is 29.8 Å². The number of benzene rings is 2. The Morgan fingerprint density at radius 2 is 2.14 bits per heavy atom. The van der Waals surface area contributed by atoms with Gasteiger partial charge in [0, 0.05) is 17.7 Å². The number of ether oxygens (including phenoxy) is 1. The van der Waals surface area contributed by atoms with E-state index >= 15 is 0 Å². The zero-order chi connectivity index (χ0) is 19.9. The quantitative estimate of drug-likeness (QED) is 0.754. The second-order valence-corrected chi connectivity index (χ2v) is 6.86. The predicted molar refractivity (Wildman–Crippen MR) is 99.6 cm³/mol. The summed E-state index contributed by atoms with van der Waals surface area (Å²) >= 11 is 0. The molecule has 1 saturated carbocycles. The molecule has 1 amide bonds. The van der Waals surface area contributed by atoms with Gasteiger partial charge in [0.1, 0.15) is 17.3 Å². The molecule has 0 bridgehead atoms. The summed E-state index contributed by atoms with van der Waals surface area (Å²) < 4.78 is 19.2. The number of nitriles is 1. The maximum atomic E-state index is 13.9. The summed E-state index contributed by atoms with van der Waals surface area (Å²) in [4.78, 5) is 17.0. The average Bonchev–Trinajstić information content (AvgIpc) is 3.33. The highest BCUT2D eigenvalue weighted by Crippen LogP contribution is 2.40. The zero-order valence-corrected chi connectivity index (χ0v) is 15.0. The number of nitrogens with zero attached hydrogens (tertiary/aromatic N) is 2. The minimum absolute atomic E-state index is 0.0374. The standard InChI is InChI=1S/C20H17FN4O3/c1-28-15-5-3-12(21)8-13(15)16-11(9-22)2-4-14(26)17(16)18(27)24-19-23-10-20(25-19)6-7-20/h2-5,8,26H,6-7,10H2,1H3,(H2,23,24,25,27). The Morgan fingerprint density at radius 1 is 1.36 bits per heavy atom. The first kappa shape index (κ1) is 17.8. The molecule has 0 unspecified atom stereocenters. The van der Waals surface area contributed by atoms with Crippen molar-refractivity contribution in [3.8, 4) is 28.7 Å². The maximum Gasteiger partial charge on any atom is 0.284 e. The van der Waals surface area contributed by atoms with E-state index in [0.29, 0.717) is 12.5 Å². The minimum Gasteiger partial charge on any atom is -0.507 e. The van der Waals surface area contributed by atoms with Gasteiger partial charge in [-0.15, -0.1) is 0 Å². The fourth-order valence-electron chi connectivity index (χ4n) is 3.33. The van der Waals surface area contributed by atoms with Crippen LogP contribution in [0.25, 0.3) is 11.1 Å². The smallest absolute Gasteiger partial charge is 0.284 e. The molecule has 1 saturated heterocycles. The van der Waals surface area contributed by atoms with Crippen molar-refractivity contribution in [3.63, 3.8) is 0 Å². The largest absolute Gasteiger partial charge is 0.507 e. The van der Waals surface area contributed by atoms with Crippen LogP contribution in [0.15, 0.2) is 35.3 Å². The second-order valence-electron chi connectivity index (χ2n) is 6.86. The fourth-order valence-corrected chi connectivity index (χ4v) is 3.33. The van der Waals surface area contributed by atoms with Crippen LogP contribution in [0, 0.1) is 17.1 Å².